The average Bonchev–Trinajstić information content (AvgIpc) is 3.30. The van der Waals surface area contributed by atoms with Crippen LogP contribution in [-0.2, 0) is 24.3 Å². The third-order valence-electron chi connectivity index (χ3n) is 8.24. The number of hydrogen-bond acceptors (Lipinski definition) is 4. The Labute approximate surface area is 213 Å². The van der Waals surface area contributed by atoms with E-state index in [0.29, 0.717) is 25.6 Å². The van der Waals surface area contributed by atoms with Crippen LogP contribution >= 0.6 is 0 Å². The van der Waals surface area contributed by atoms with Crippen LogP contribution in [0, 0.1) is 13.8 Å². The maximum atomic E-state index is 13.3. The predicted molar refractivity (Wildman–Crippen MR) is 143 cm³/mol. The molecular formula is C31H34N4O. The van der Waals surface area contributed by atoms with Gasteiger partial charge in [0.25, 0.3) is 0 Å². The van der Waals surface area contributed by atoms with Crippen LogP contribution < -0.4 is 0 Å². The number of hydrogen-bond donors (Lipinski definition) is 0. The predicted octanol–water partition coefficient (Wildman–Crippen LogP) is 5.16. The van der Waals surface area contributed by atoms with E-state index < -0.39 is 0 Å². The summed E-state index contributed by atoms with van der Waals surface area (Å²) in [4.78, 5) is 27.3. The second kappa shape index (κ2) is 9.29. The van der Waals surface area contributed by atoms with Crippen molar-refractivity contribution in [2.24, 2.45) is 4.99 Å². The van der Waals surface area contributed by atoms with E-state index in [9.17, 15) is 4.79 Å². The number of fused-ring (bicyclic) bond motifs is 2. The minimum absolute atomic E-state index is 0.261. The first kappa shape index (κ1) is 23.1. The molecule has 1 fully saturated rings. The number of piperidine rings is 1. The van der Waals surface area contributed by atoms with E-state index in [1.807, 2.05) is 19.2 Å². The van der Waals surface area contributed by atoms with Crippen LogP contribution in [0.15, 0.2) is 59.7 Å². The Kier molecular flexibility index (Phi) is 5.96. The molecule has 0 radical (unpaired) electrons. The number of aryl methyl sites for hydroxylation is 2. The van der Waals surface area contributed by atoms with Crippen LogP contribution in [0.3, 0.4) is 0 Å². The van der Waals surface area contributed by atoms with E-state index in [-0.39, 0.29) is 11.9 Å². The van der Waals surface area contributed by atoms with E-state index in [1.165, 1.54) is 33.4 Å². The molecule has 36 heavy (non-hydrogen) atoms. The largest absolute Gasteiger partial charge is 0.334 e. The average molecular weight is 479 g/mol. The second-order valence-corrected chi connectivity index (χ2v) is 10.7. The number of benzene rings is 2. The van der Waals surface area contributed by atoms with Gasteiger partial charge in [0.1, 0.15) is 0 Å². The topological polar surface area (TPSA) is 48.8 Å². The second-order valence-electron chi connectivity index (χ2n) is 10.7. The molecule has 5 heteroatoms. The molecule has 4 heterocycles. The van der Waals surface area contributed by atoms with Crippen LogP contribution in [0.4, 0.5) is 0 Å². The zero-order valence-corrected chi connectivity index (χ0v) is 21.5. The first-order valence-corrected chi connectivity index (χ1v) is 13.2. The standard InChI is InChI=1S/C31H34N4O/c1-20-6-8-23(9-7-20)22(3)34-12-4-5-28(19-34)35-18-27-15-29-26(14-25(27)16-30(35)36)17-33-31(29)24-10-11-32-21(2)13-24/h6-11,13-15,22,28H,4-5,12,16-19H2,1-3H3/t22?,28-/m1/s1. The van der Waals surface area contributed by atoms with Crippen molar-refractivity contribution in [3.63, 3.8) is 0 Å². The van der Waals surface area contributed by atoms with E-state index in [2.05, 4.69) is 71.1 Å². The number of likely N-dealkylation sites (tertiary alicyclic amines) is 1. The lowest BCUT2D eigenvalue weighted by molar-refractivity contribution is -0.136. The van der Waals surface area contributed by atoms with Crippen molar-refractivity contribution in [2.75, 3.05) is 13.1 Å². The molecule has 0 bridgehead atoms. The van der Waals surface area contributed by atoms with Crippen molar-refractivity contribution >= 4 is 11.6 Å². The van der Waals surface area contributed by atoms with Crippen LogP contribution in [-0.4, -0.2) is 45.5 Å². The van der Waals surface area contributed by atoms with E-state index in [4.69, 9.17) is 4.99 Å². The molecule has 184 valence electrons. The first-order chi connectivity index (χ1) is 17.5. The molecule has 1 aromatic heterocycles. The van der Waals surface area contributed by atoms with Gasteiger partial charge in [-0.2, -0.15) is 0 Å². The number of aromatic nitrogens is 1. The van der Waals surface area contributed by atoms with E-state index >= 15 is 0 Å². The van der Waals surface area contributed by atoms with Crippen molar-refractivity contribution in [1.82, 2.24) is 14.8 Å². The van der Waals surface area contributed by atoms with Gasteiger partial charge in [-0.05, 0) is 80.6 Å². The summed E-state index contributed by atoms with van der Waals surface area (Å²) < 4.78 is 0. The van der Waals surface area contributed by atoms with Gasteiger partial charge in [0, 0.05) is 48.2 Å². The third-order valence-corrected chi connectivity index (χ3v) is 8.24. The lowest BCUT2D eigenvalue weighted by Crippen LogP contribution is -2.52. The molecule has 3 aliphatic heterocycles. The summed E-state index contributed by atoms with van der Waals surface area (Å²) in [6.07, 6.45) is 4.55. The minimum Gasteiger partial charge on any atom is -0.334 e. The maximum Gasteiger partial charge on any atom is 0.227 e. The van der Waals surface area contributed by atoms with Crippen LogP contribution in [0.5, 0.6) is 0 Å². The fourth-order valence-electron chi connectivity index (χ4n) is 6.11. The molecule has 2 atom stereocenters. The smallest absolute Gasteiger partial charge is 0.227 e. The zero-order valence-electron chi connectivity index (χ0n) is 21.5. The molecule has 3 aromatic rings. The highest BCUT2D eigenvalue weighted by Crippen LogP contribution is 2.33. The van der Waals surface area contributed by atoms with Gasteiger partial charge in [-0.15, -0.1) is 0 Å². The summed E-state index contributed by atoms with van der Waals surface area (Å²) in [5.74, 6) is 0.265. The summed E-state index contributed by atoms with van der Waals surface area (Å²) in [5.41, 5.74) is 10.7. The van der Waals surface area contributed by atoms with Crippen LogP contribution in [0.25, 0.3) is 0 Å². The molecule has 0 saturated carbocycles. The van der Waals surface area contributed by atoms with Gasteiger partial charge in [-0.25, -0.2) is 0 Å². The molecule has 0 spiro atoms. The van der Waals surface area contributed by atoms with Gasteiger partial charge in [0.05, 0.1) is 18.7 Å². The summed E-state index contributed by atoms with van der Waals surface area (Å²) >= 11 is 0. The molecule has 1 saturated heterocycles. The lowest BCUT2D eigenvalue weighted by Gasteiger charge is -2.43. The lowest BCUT2D eigenvalue weighted by atomic mass is 9.89. The Morgan fingerprint density at radius 3 is 2.64 bits per heavy atom. The van der Waals surface area contributed by atoms with E-state index in [1.54, 1.807) is 0 Å². The van der Waals surface area contributed by atoms with Gasteiger partial charge < -0.3 is 4.90 Å². The SMILES string of the molecule is Cc1ccc(C(C)N2CCC[C@@H](N3Cc4cc5c(cc4CC3=O)CN=C5c3ccnc(C)c3)C2)cc1. The number of carbonyl (C=O) groups is 1. The highest BCUT2D eigenvalue weighted by Gasteiger charge is 2.34. The Balaban J connectivity index is 1.23. The molecule has 1 unspecified atom stereocenters. The zero-order chi connectivity index (χ0) is 24.8. The molecule has 1 amide bonds. The number of amides is 1. The van der Waals surface area contributed by atoms with Crippen molar-refractivity contribution in [1.29, 1.82) is 0 Å². The quantitative estimate of drug-likeness (QED) is 0.520. The Hall–Kier alpha value is -3.31. The fourth-order valence-corrected chi connectivity index (χ4v) is 6.11. The third kappa shape index (κ3) is 4.26. The van der Waals surface area contributed by atoms with Crippen LogP contribution in [0.1, 0.15) is 70.4 Å². The summed E-state index contributed by atoms with van der Waals surface area (Å²) in [6, 6.07) is 18.2. The van der Waals surface area contributed by atoms with Crippen LogP contribution in [0.2, 0.25) is 0 Å². The Bertz CT molecular complexity index is 1340. The van der Waals surface area contributed by atoms with Gasteiger partial charge in [0.2, 0.25) is 5.91 Å². The highest BCUT2D eigenvalue weighted by molar-refractivity contribution is 6.15. The Morgan fingerprint density at radius 2 is 1.83 bits per heavy atom. The summed E-state index contributed by atoms with van der Waals surface area (Å²) in [6.45, 7) is 9.85. The van der Waals surface area contributed by atoms with Crippen molar-refractivity contribution in [3.8, 4) is 0 Å². The normalized spacial score (nSPS) is 20.6. The molecule has 0 aliphatic carbocycles. The molecule has 2 aromatic carbocycles. The molecule has 3 aliphatic rings. The maximum absolute atomic E-state index is 13.3. The number of nitrogens with zero attached hydrogens (tertiary/aromatic N) is 4. The summed E-state index contributed by atoms with van der Waals surface area (Å²) in [7, 11) is 0. The number of pyridine rings is 1. The number of rotatable bonds is 4. The van der Waals surface area contributed by atoms with Gasteiger partial charge in [-0.3, -0.25) is 19.7 Å². The molecule has 0 N–H and O–H groups in total. The van der Waals surface area contributed by atoms with Gasteiger partial charge in [0.15, 0.2) is 0 Å². The molecule has 6 rings (SSSR count). The Morgan fingerprint density at radius 1 is 1.00 bits per heavy atom. The number of aliphatic imine (C=N–C) groups is 1. The van der Waals surface area contributed by atoms with Gasteiger partial charge >= 0.3 is 0 Å². The fraction of sp³-hybridized carbons (Fsp3) is 0.387. The van der Waals surface area contributed by atoms with Gasteiger partial charge in [-0.1, -0.05) is 35.9 Å². The minimum atomic E-state index is 0.261. The summed E-state index contributed by atoms with van der Waals surface area (Å²) in [5, 5.41) is 0. The van der Waals surface area contributed by atoms with Crippen molar-refractivity contribution in [3.05, 3.63) is 99.4 Å². The van der Waals surface area contributed by atoms with E-state index in [0.717, 1.165) is 42.9 Å². The monoisotopic (exact) mass is 478 g/mol. The number of carbonyl (C=O) groups excluding carboxylic acids is 1. The molecule has 5 nitrogen and oxygen atoms in total. The van der Waals surface area contributed by atoms with Crippen molar-refractivity contribution < 1.29 is 4.79 Å². The highest BCUT2D eigenvalue weighted by atomic mass is 16.2. The molecular weight excluding hydrogens is 444 g/mol. The van der Waals surface area contributed by atoms with Crippen molar-refractivity contribution in [2.45, 2.75) is 65.2 Å². The first-order valence-electron chi connectivity index (χ1n) is 13.2.